The largest absolute Gasteiger partial charge is 0.304 e. The zero-order valence-electron chi connectivity index (χ0n) is 8.76. The molecule has 0 aliphatic rings. The first-order chi connectivity index (χ1) is 5.55. The highest BCUT2D eigenvalue weighted by molar-refractivity contribution is 5.57. The van der Waals surface area contributed by atoms with Crippen LogP contribution in [0.4, 0.5) is 0 Å². The highest BCUT2D eigenvalue weighted by atomic mass is 16.1. The normalized spacial score (nSPS) is 12.1. The molecule has 0 aliphatic carbocycles. The van der Waals surface area contributed by atoms with Gasteiger partial charge in [-0.15, -0.1) is 0 Å². The quantitative estimate of drug-likeness (QED) is 0.569. The molecule has 0 aliphatic heterocycles. The van der Waals surface area contributed by atoms with Gasteiger partial charge in [-0.1, -0.05) is 27.7 Å². The number of carbonyl (C=O) groups excluding carboxylic acids is 1. The summed E-state index contributed by atoms with van der Waals surface area (Å²) in [6.07, 6.45) is 2.01. The molecule has 0 atom stereocenters. The second kappa shape index (κ2) is 5.31. The Labute approximate surface area is 75.9 Å². The molecule has 2 heteroatoms. The van der Waals surface area contributed by atoms with Gasteiger partial charge in [0.2, 0.25) is 0 Å². The minimum absolute atomic E-state index is 0.150. The monoisotopic (exact) mass is 171 g/mol. The van der Waals surface area contributed by atoms with E-state index in [4.69, 9.17) is 0 Å². The molecule has 0 amide bonds. The summed E-state index contributed by atoms with van der Waals surface area (Å²) in [6, 6.07) is 0. The first kappa shape index (κ1) is 11.6. The number of carbonyl (C=O) groups is 1. The second-order valence-corrected chi connectivity index (χ2v) is 3.88. The van der Waals surface area contributed by atoms with Gasteiger partial charge in [-0.25, -0.2) is 0 Å². The van der Waals surface area contributed by atoms with Crippen LogP contribution in [0.1, 0.15) is 34.1 Å². The first-order valence-electron chi connectivity index (χ1n) is 4.74. The average Bonchev–Trinajstić information content (AvgIpc) is 2.06. The number of aldehydes is 1. The van der Waals surface area contributed by atoms with E-state index in [1.54, 1.807) is 0 Å². The van der Waals surface area contributed by atoms with Crippen molar-refractivity contribution < 1.29 is 4.79 Å². The summed E-state index contributed by atoms with van der Waals surface area (Å²) in [6.45, 7) is 11.5. The number of nitrogens with zero attached hydrogens (tertiary/aromatic N) is 1. The van der Waals surface area contributed by atoms with Gasteiger partial charge < -0.3 is 9.69 Å². The van der Waals surface area contributed by atoms with E-state index in [1.807, 2.05) is 13.8 Å². The molecular weight excluding hydrogens is 150 g/mol. The summed E-state index contributed by atoms with van der Waals surface area (Å²) in [4.78, 5) is 12.9. The minimum Gasteiger partial charge on any atom is -0.304 e. The molecule has 0 rings (SSSR count). The molecule has 0 unspecified atom stereocenters. The van der Waals surface area contributed by atoms with Gasteiger partial charge in [0.15, 0.2) is 0 Å². The van der Waals surface area contributed by atoms with E-state index in [2.05, 4.69) is 18.7 Å². The molecule has 0 heterocycles. The van der Waals surface area contributed by atoms with Crippen molar-refractivity contribution in [1.29, 1.82) is 0 Å². The maximum Gasteiger partial charge on any atom is 0.125 e. The predicted octanol–water partition coefficient (Wildman–Crippen LogP) is 1.94. The van der Waals surface area contributed by atoms with Crippen LogP contribution in [-0.2, 0) is 4.79 Å². The summed E-state index contributed by atoms with van der Waals surface area (Å²) in [5.74, 6) is 0. The lowest BCUT2D eigenvalue weighted by Crippen LogP contribution is -2.28. The van der Waals surface area contributed by atoms with Crippen molar-refractivity contribution >= 4 is 6.29 Å². The predicted molar refractivity (Wildman–Crippen MR) is 52.3 cm³/mol. The lowest BCUT2D eigenvalue weighted by atomic mass is 9.91. The van der Waals surface area contributed by atoms with Crippen LogP contribution >= 0.6 is 0 Å². The molecule has 0 saturated heterocycles. The molecule has 0 radical (unpaired) electrons. The Balaban J connectivity index is 3.72. The molecular formula is C10H21NO. The van der Waals surface area contributed by atoms with Crippen molar-refractivity contribution in [3.05, 3.63) is 0 Å². The Bertz CT molecular complexity index is 128. The van der Waals surface area contributed by atoms with Crippen LogP contribution in [0.5, 0.6) is 0 Å². The molecule has 0 N–H and O–H groups in total. The summed E-state index contributed by atoms with van der Waals surface area (Å²) in [5.41, 5.74) is -0.150. The molecule has 72 valence electrons. The number of hydrogen-bond acceptors (Lipinski definition) is 2. The van der Waals surface area contributed by atoms with E-state index in [-0.39, 0.29) is 5.41 Å². The van der Waals surface area contributed by atoms with Gasteiger partial charge >= 0.3 is 0 Å². The van der Waals surface area contributed by atoms with Gasteiger partial charge in [-0.3, -0.25) is 0 Å². The van der Waals surface area contributed by atoms with Crippen LogP contribution in [0.3, 0.4) is 0 Å². The van der Waals surface area contributed by atoms with Crippen LogP contribution in [0.25, 0.3) is 0 Å². The van der Waals surface area contributed by atoms with Crippen LogP contribution in [0.2, 0.25) is 0 Å². The zero-order chi connectivity index (χ0) is 9.61. The van der Waals surface area contributed by atoms with Crippen molar-refractivity contribution in [2.24, 2.45) is 5.41 Å². The molecule has 0 aromatic rings. The van der Waals surface area contributed by atoms with Crippen LogP contribution in [0, 0.1) is 5.41 Å². The molecule has 0 saturated carbocycles. The Hall–Kier alpha value is -0.370. The fourth-order valence-corrected chi connectivity index (χ4v) is 1.05. The third-order valence-corrected chi connectivity index (χ3v) is 2.29. The third-order valence-electron chi connectivity index (χ3n) is 2.29. The molecule has 0 spiro atoms. The molecule has 2 nitrogen and oxygen atoms in total. The molecule has 0 bridgehead atoms. The van der Waals surface area contributed by atoms with E-state index >= 15 is 0 Å². The Morgan fingerprint density at radius 3 is 2.08 bits per heavy atom. The molecule has 0 aromatic carbocycles. The van der Waals surface area contributed by atoms with Crippen LogP contribution in [-0.4, -0.2) is 30.8 Å². The van der Waals surface area contributed by atoms with Crippen LogP contribution < -0.4 is 0 Å². The van der Waals surface area contributed by atoms with Gasteiger partial charge in [0.05, 0.1) is 0 Å². The Morgan fingerprint density at radius 1 is 1.25 bits per heavy atom. The summed E-state index contributed by atoms with van der Waals surface area (Å²) >= 11 is 0. The average molecular weight is 171 g/mol. The zero-order valence-corrected chi connectivity index (χ0v) is 8.76. The standard InChI is InChI=1S/C10H21NO/c1-5-11(6-2)8-7-10(3,4)9-12/h9H,5-8H2,1-4H3. The highest BCUT2D eigenvalue weighted by Gasteiger charge is 2.16. The summed E-state index contributed by atoms with van der Waals surface area (Å²) < 4.78 is 0. The molecule has 0 aromatic heterocycles. The minimum atomic E-state index is -0.150. The molecule has 12 heavy (non-hydrogen) atoms. The topological polar surface area (TPSA) is 20.3 Å². The van der Waals surface area contributed by atoms with Crippen molar-refractivity contribution in [2.75, 3.05) is 19.6 Å². The van der Waals surface area contributed by atoms with Gasteiger partial charge in [0, 0.05) is 5.41 Å². The van der Waals surface area contributed by atoms with E-state index in [9.17, 15) is 4.79 Å². The third kappa shape index (κ3) is 4.50. The van der Waals surface area contributed by atoms with Gasteiger partial charge in [-0.2, -0.15) is 0 Å². The van der Waals surface area contributed by atoms with Crippen molar-refractivity contribution in [3.8, 4) is 0 Å². The summed E-state index contributed by atoms with van der Waals surface area (Å²) in [7, 11) is 0. The van der Waals surface area contributed by atoms with Crippen molar-refractivity contribution in [1.82, 2.24) is 4.90 Å². The lowest BCUT2D eigenvalue weighted by molar-refractivity contribution is -0.115. The fourth-order valence-electron chi connectivity index (χ4n) is 1.05. The SMILES string of the molecule is CCN(CC)CCC(C)(C)C=O. The second-order valence-electron chi connectivity index (χ2n) is 3.88. The molecule has 0 fully saturated rings. The number of rotatable bonds is 6. The number of hydrogen-bond donors (Lipinski definition) is 0. The maximum atomic E-state index is 10.6. The maximum absolute atomic E-state index is 10.6. The van der Waals surface area contributed by atoms with Crippen LogP contribution in [0.15, 0.2) is 0 Å². The van der Waals surface area contributed by atoms with E-state index < -0.39 is 0 Å². The van der Waals surface area contributed by atoms with Gasteiger partial charge in [-0.05, 0) is 26.1 Å². The lowest BCUT2D eigenvalue weighted by Gasteiger charge is -2.23. The van der Waals surface area contributed by atoms with Crippen molar-refractivity contribution in [3.63, 3.8) is 0 Å². The first-order valence-corrected chi connectivity index (χ1v) is 4.74. The summed E-state index contributed by atoms with van der Waals surface area (Å²) in [5, 5.41) is 0. The Kier molecular flexibility index (Phi) is 5.14. The highest BCUT2D eigenvalue weighted by Crippen LogP contribution is 2.16. The van der Waals surface area contributed by atoms with E-state index in [0.29, 0.717) is 0 Å². The van der Waals surface area contributed by atoms with Gasteiger partial charge in [0.1, 0.15) is 6.29 Å². The van der Waals surface area contributed by atoms with E-state index in [0.717, 1.165) is 32.3 Å². The van der Waals surface area contributed by atoms with Crippen molar-refractivity contribution in [2.45, 2.75) is 34.1 Å². The van der Waals surface area contributed by atoms with Gasteiger partial charge in [0.25, 0.3) is 0 Å². The fraction of sp³-hybridized carbons (Fsp3) is 0.900. The Morgan fingerprint density at radius 2 is 1.75 bits per heavy atom. The smallest absolute Gasteiger partial charge is 0.125 e. The van der Waals surface area contributed by atoms with E-state index in [1.165, 1.54) is 0 Å².